The van der Waals surface area contributed by atoms with Crippen LogP contribution >= 0.6 is 0 Å². The van der Waals surface area contributed by atoms with E-state index >= 15 is 0 Å². The average molecular weight is 348 g/mol. The van der Waals surface area contributed by atoms with Crippen LogP contribution in [0.15, 0.2) is 91.0 Å². The maximum Gasteiger partial charge on any atom is 1.00 e. The molecule has 27 heavy (non-hydrogen) atoms. The summed E-state index contributed by atoms with van der Waals surface area (Å²) in [5.41, 5.74) is 4.45. The summed E-state index contributed by atoms with van der Waals surface area (Å²) >= 11 is 0. The van der Waals surface area contributed by atoms with Gasteiger partial charge in [0.1, 0.15) is 0 Å². The number of benzene rings is 3. The van der Waals surface area contributed by atoms with Crippen LogP contribution in [0.2, 0.25) is 6.32 Å². The van der Waals surface area contributed by atoms with Crippen LogP contribution in [0.25, 0.3) is 0 Å². The predicted molar refractivity (Wildman–Crippen MR) is 116 cm³/mol. The van der Waals surface area contributed by atoms with Gasteiger partial charge in [0, 0.05) is 6.15 Å². The summed E-state index contributed by atoms with van der Waals surface area (Å²) in [5.74, 6) is 0. The van der Waals surface area contributed by atoms with Gasteiger partial charge in [-0.1, -0.05) is 127 Å². The van der Waals surface area contributed by atoms with Crippen molar-refractivity contribution in [2.24, 2.45) is 0 Å². The molecule has 0 saturated heterocycles. The molecule has 0 radical (unpaired) electrons. The van der Waals surface area contributed by atoms with Crippen molar-refractivity contribution < 1.29 is 18.9 Å². The Morgan fingerprint density at radius 3 is 1.19 bits per heavy atom. The monoisotopic (exact) mass is 348 g/mol. The van der Waals surface area contributed by atoms with Gasteiger partial charge in [0.05, 0.1) is 0 Å². The molecule has 0 aliphatic rings. The van der Waals surface area contributed by atoms with E-state index in [0.717, 1.165) is 0 Å². The molecule has 0 unspecified atom stereocenters. The number of rotatable bonds is 9. The molecule has 0 spiro atoms. The van der Waals surface area contributed by atoms with E-state index in [4.69, 9.17) is 0 Å². The molecule has 134 valence electrons. The molecule has 0 amide bonds. The Hall–Kier alpha value is -1.68. The van der Waals surface area contributed by atoms with Crippen LogP contribution in [-0.2, 0) is 19.0 Å². The molecule has 3 rings (SSSR count). The fraction of sp³-hybridized carbons (Fsp3) is 0.280. The Morgan fingerprint density at radius 2 is 0.889 bits per heavy atom. The van der Waals surface area contributed by atoms with Crippen LogP contribution < -0.4 is 18.9 Å². The van der Waals surface area contributed by atoms with E-state index in [1.165, 1.54) is 54.8 Å². The van der Waals surface area contributed by atoms with Crippen LogP contribution in [0.1, 0.15) is 36.5 Å². The van der Waals surface area contributed by atoms with Crippen LogP contribution in [0.4, 0.5) is 0 Å². The maximum atomic E-state index is 2.31. The van der Waals surface area contributed by atoms with Crippen molar-refractivity contribution in [3.05, 3.63) is 108 Å². The van der Waals surface area contributed by atoms with Gasteiger partial charge in [-0.2, -0.15) is 25.3 Å². The number of hydrogen-bond acceptors (Lipinski definition) is 0. The second-order valence-corrected chi connectivity index (χ2v) is 7.94. The normalized spacial score (nSPS) is 11.0. The molecule has 3 aromatic rings. The maximum absolute atomic E-state index is 2.31. The van der Waals surface area contributed by atoms with Crippen molar-refractivity contribution in [2.75, 3.05) is 0 Å². The first-order valence-electron chi connectivity index (χ1n) is 10.1. The average Bonchev–Trinajstić information content (AvgIpc) is 2.69. The first-order chi connectivity index (χ1) is 12.8. The Morgan fingerprint density at radius 1 is 0.556 bits per heavy atom. The number of unbranched alkanes of at least 4 members (excludes halogenated alkanes) is 1. The quantitative estimate of drug-likeness (QED) is 0.519. The zero-order chi connectivity index (χ0) is 18.1. The van der Waals surface area contributed by atoms with Crippen molar-refractivity contribution in [2.45, 2.75) is 45.0 Å². The fourth-order valence-electron chi connectivity index (χ4n) is 4.50. The first kappa shape index (κ1) is 21.6. The largest absolute Gasteiger partial charge is 1.00 e. The molecule has 0 aromatic heterocycles. The van der Waals surface area contributed by atoms with Crippen LogP contribution in [-0.4, -0.2) is 6.15 Å². The zero-order valence-corrected chi connectivity index (χ0v) is 17.0. The van der Waals surface area contributed by atoms with E-state index in [1.54, 1.807) is 0 Å². The molecular weight excluding hydrogens is 318 g/mol. The topological polar surface area (TPSA) is 0 Å². The van der Waals surface area contributed by atoms with E-state index < -0.39 is 6.15 Å². The SMILES string of the molecule is CCCC[B-](Cc1ccccc1)(Cc1ccccc1)Cc1ccccc1.[Li+]. The Bertz CT molecular complexity index is 655. The third-order valence-electron chi connectivity index (χ3n) is 5.70. The van der Waals surface area contributed by atoms with E-state index in [0.29, 0.717) is 0 Å². The summed E-state index contributed by atoms with van der Waals surface area (Å²) in [4.78, 5) is 0. The molecule has 0 bridgehead atoms. The van der Waals surface area contributed by atoms with Gasteiger partial charge in [-0.25, -0.2) is 0 Å². The van der Waals surface area contributed by atoms with Crippen molar-refractivity contribution in [3.8, 4) is 0 Å². The molecule has 0 fully saturated rings. The van der Waals surface area contributed by atoms with Gasteiger partial charge in [0.15, 0.2) is 0 Å². The van der Waals surface area contributed by atoms with Gasteiger partial charge in [0.25, 0.3) is 0 Å². The molecule has 0 aliphatic heterocycles. The molecule has 0 N–H and O–H groups in total. The first-order valence-corrected chi connectivity index (χ1v) is 10.1. The standard InChI is InChI=1S/C25H30B.Li/c1-2-3-19-26(20-23-13-7-4-8-14-23,21-24-15-9-5-10-16-24)22-25-17-11-6-12-18-25;/h4-18H,2-3,19-22H2,1H3;/q-1;+1. The summed E-state index contributed by atoms with van der Waals surface area (Å²) in [6, 6.07) is 33.3. The second-order valence-electron chi connectivity index (χ2n) is 7.94. The summed E-state index contributed by atoms with van der Waals surface area (Å²) in [6.07, 6.45) is 6.96. The van der Waals surface area contributed by atoms with E-state index in [1.807, 2.05) is 0 Å². The Labute approximate surface area is 177 Å². The van der Waals surface area contributed by atoms with Gasteiger partial charge in [-0.15, -0.1) is 0 Å². The minimum Gasteiger partial charge on any atom is -0.177 e. The molecular formula is C25H30BLi. The molecule has 3 aromatic carbocycles. The minimum atomic E-state index is -0.547. The Kier molecular flexibility index (Phi) is 8.99. The minimum absolute atomic E-state index is 0. The van der Waals surface area contributed by atoms with Gasteiger partial charge >= 0.3 is 18.9 Å². The summed E-state index contributed by atoms with van der Waals surface area (Å²) < 4.78 is 0. The third kappa shape index (κ3) is 6.77. The summed E-state index contributed by atoms with van der Waals surface area (Å²) in [6.45, 7) is 2.31. The summed E-state index contributed by atoms with van der Waals surface area (Å²) in [5, 5.41) is 0. The number of hydrogen-bond donors (Lipinski definition) is 0. The zero-order valence-electron chi connectivity index (χ0n) is 17.0. The molecule has 0 saturated carbocycles. The van der Waals surface area contributed by atoms with Crippen molar-refractivity contribution in [1.82, 2.24) is 0 Å². The van der Waals surface area contributed by atoms with Crippen molar-refractivity contribution in [1.29, 1.82) is 0 Å². The van der Waals surface area contributed by atoms with E-state index in [-0.39, 0.29) is 18.9 Å². The van der Waals surface area contributed by atoms with Gasteiger partial charge in [-0.3, -0.25) is 0 Å². The van der Waals surface area contributed by atoms with Gasteiger partial charge in [-0.05, 0) is 0 Å². The van der Waals surface area contributed by atoms with Crippen molar-refractivity contribution in [3.63, 3.8) is 0 Å². The molecule has 0 nitrogen and oxygen atoms in total. The van der Waals surface area contributed by atoms with Gasteiger partial charge < -0.3 is 0 Å². The fourth-order valence-corrected chi connectivity index (χ4v) is 4.50. The molecule has 0 heterocycles. The molecule has 2 heteroatoms. The van der Waals surface area contributed by atoms with E-state index in [2.05, 4.69) is 97.9 Å². The van der Waals surface area contributed by atoms with Crippen LogP contribution in [0, 0.1) is 0 Å². The predicted octanol–water partition coefficient (Wildman–Crippen LogP) is 3.59. The van der Waals surface area contributed by atoms with Crippen LogP contribution in [0.5, 0.6) is 0 Å². The smallest absolute Gasteiger partial charge is 0.177 e. The van der Waals surface area contributed by atoms with Crippen LogP contribution in [0.3, 0.4) is 0 Å². The molecule has 0 aliphatic carbocycles. The summed E-state index contributed by atoms with van der Waals surface area (Å²) in [7, 11) is 0. The molecule has 0 atom stereocenters. The van der Waals surface area contributed by atoms with Crippen molar-refractivity contribution >= 4 is 6.15 Å². The van der Waals surface area contributed by atoms with Gasteiger partial charge in [0.2, 0.25) is 0 Å². The third-order valence-corrected chi connectivity index (χ3v) is 5.70. The Balaban J connectivity index is 0.00000261. The second kappa shape index (κ2) is 11.2. The van der Waals surface area contributed by atoms with E-state index in [9.17, 15) is 0 Å².